The zero-order valence-electron chi connectivity index (χ0n) is 13.1. The van der Waals surface area contributed by atoms with Crippen LogP contribution in [0.1, 0.15) is 19.4 Å². The highest BCUT2D eigenvalue weighted by atomic mass is 35.5. The number of morpholine rings is 1. The molecule has 2 rings (SSSR count). The van der Waals surface area contributed by atoms with E-state index in [2.05, 4.69) is 0 Å². The lowest BCUT2D eigenvalue weighted by atomic mass is 10.1. The van der Waals surface area contributed by atoms with E-state index in [0.29, 0.717) is 28.7 Å². The number of benzene rings is 1. The summed E-state index contributed by atoms with van der Waals surface area (Å²) in [6.07, 6.45) is -0.123. The third kappa shape index (κ3) is 5.09. The van der Waals surface area contributed by atoms with Gasteiger partial charge in [0.15, 0.2) is 6.61 Å². The van der Waals surface area contributed by atoms with Crippen molar-refractivity contribution in [2.75, 3.05) is 19.7 Å². The Labute approximate surface area is 145 Å². The Morgan fingerprint density at radius 3 is 2.35 bits per heavy atom. The summed E-state index contributed by atoms with van der Waals surface area (Å²) >= 11 is 12.0. The molecule has 1 aliphatic heterocycles. The van der Waals surface area contributed by atoms with E-state index in [1.807, 2.05) is 13.8 Å². The van der Waals surface area contributed by atoms with Crippen molar-refractivity contribution in [1.29, 1.82) is 0 Å². The van der Waals surface area contributed by atoms with Crippen molar-refractivity contribution in [2.24, 2.45) is 0 Å². The van der Waals surface area contributed by atoms with Crippen LogP contribution in [-0.2, 0) is 25.5 Å². The van der Waals surface area contributed by atoms with Gasteiger partial charge in [-0.15, -0.1) is 0 Å². The number of rotatable bonds is 4. The average molecular weight is 360 g/mol. The van der Waals surface area contributed by atoms with Crippen molar-refractivity contribution < 1.29 is 19.1 Å². The van der Waals surface area contributed by atoms with Gasteiger partial charge in [-0.05, 0) is 26.0 Å². The molecule has 5 nitrogen and oxygen atoms in total. The molecular formula is C16H19Cl2NO4. The van der Waals surface area contributed by atoms with Gasteiger partial charge in [-0.2, -0.15) is 0 Å². The molecule has 1 heterocycles. The Bertz CT molecular complexity index is 563. The third-order valence-corrected chi connectivity index (χ3v) is 4.22. The van der Waals surface area contributed by atoms with Gasteiger partial charge in [0.1, 0.15) is 0 Å². The quantitative estimate of drug-likeness (QED) is 0.775. The molecular weight excluding hydrogens is 341 g/mol. The number of carbonyl (C=O) groups excluding carboxylic acids is 2. The number of amides is 1. The van der Waals surface area contributed by atoms with E-state index in [9.17, 15) is 9.59 Å². The number of hydrogen-bond donors (Lipinski definition) is 0. The molecule has 0 aliphatic carbocycles. The second-order valence-corrected chi connectivity index (χ2v) is 6.41. The highest BCUT2D eigenvalue weighted by Gasteiger charge is 2.26. The molecule has 7 heteroatoms. The summed E-state index contributed by atoms with van der Waals surface area (Å²) in [6, 6.07) is 5.00. The van der Waals surface area contributed by atoms with Crippen LogP contribution in [0.5, 0.6) is 0 Å². The monoisotopic (exact) mass is 359 g/mol. The van der Waals surface area contributed by atoms with Crippen molar-refractivity contribution in [3.05, 3.63) is 33.8 Å². The van der Waals surface area contributed by atoms with E-state index in [1.165, 1.54) is 0 Å². The van der Waals surface area contributed by atoms with Crippen LogP contribution in [-0.4, -0.2) is 48.7 Å². The number of hydrogen-bond acceptors (Lipinski definition) is 4. The Balaban J connectivity index is 1.85. The van der Waals surface area contributed by atoms with Crippen LogP contribution in [0.4, 0.5) is 0 Å². The van der Waals surface area contributed by atoms with Gasteiger partial charge in [0.05, 0.1) is 18.6 Å². The van der Waals surface area contributed by atoms with Gasteiger partial charge >= 0.3 is 5.97 Å². The van der Waals surface area contributed by atoms with E-state index in [1.54, 1.807) is 23.1 Å². The average Bonchev–Trinajstić information content (AvgIpc) is 2.47. The first kappa shape index (κ1) is 18.0. The van der Waals surface area contributed by atoms with Gasteiger partial charge in [-0.25, -0.2) is 0 Å². The first-order valence-electron chi connectivity index (χ1n) is 7.38. The molecule has 1 aromatic rings. The summed E-state index contributed by atoms with van der Waals surface area (Å²) < 4.78 is 10.6. The molecule has 1 saturated heterocycles. The molecule has 0 aromatic heterocycles. The molecule has 0 saturated carbocycles. The van der Waals surface area contributed by atoms with Crippen molar-refractivity contribution in [2.45, 2.75) is 32.5 Å². The second kappa shape index (κ2) is 7.99. The molecule has 0 unspecified atom stereocenters. The normalized spacial score (nSPS) is 21.1. The molecule has 0 spiro atoms. The molecule has 0 N–H and O–H groups in total. The maximum atomic E-state index is 12.1. The number of esters is 1. The lowest BCUT2D eigenvalue weighted by molar-refractivity contribution is -0.156. The summed E-state index contributed by atoms with van der Waals surface area (Å²) in [6.45, 7) is 4.51. The zero-order chi connectivity index (χ0) is 17.0. The number of halogens is 2. The summed E-state index contributed by atoms with van der Waals surface area (Å²) in [4.78, 5) is 25.7. The predicted octanol–water partition coefficient (Wildman–Crippen LogP) is 2.71. The van der Waals surface area contributed by atoms with E-state index >= 15 is 0 Å². The Morgan fingerprint density at radius 2 is 1.78 bits per heavy atom. The SMILES string of the molecule is C[C@H]1CN(C(=O)COC(=O)Cc2c(Cl)cccc2Cl)C[C@H](C)O1. The smallest absolute Gasteiger partial charge is 0.310 e. The largest absolute Gasteiger partial charge is 0.455 e. The fraction of sp³-hybridized carbons (Fsp3) is 0.500. The minimum absolute atomic E-state index is 0.0275. The van der Waals surface area contributed by atoms with E-state index in [4.69, 9.17) is 32.7 Å². The van der Waals surface area contributed by atoms with E-state index < -0.39 is 5.97 Å². The van der Waals surface area contributed by atoms with Crippen molar-refractivity contribution >= 4 is 35.1 Å². The molecule has 1 aliphatic rings. The fourth-order valence-electron chi connectivity index (χ4n) is 2.51. The third-order valence-electron chi connectivity index (χ3n) is 3.51. The van der Waals surface area contributed by atoms with Crippen molar-refractivity contribution in [3.63, 3.8) is 0 Å². The Morgan fingerprint density at radius 1 is 1.22 bits per heavy atom. The molecule has 2 atom stereocenters. The number of ether oxygens (including phenoxy) is 2. The molecule has 23 heavy (non-hydrogen) atoms. The van der Waals surface area contributed by atoms with Crippen LogP contribution in [0, 0.1) is 0 Å². The van der Waals surface area contributed by atoms with Crippen molar-refractivity contribution in [3.8, 4) is 0 Å². The Hall–Kier alpha value is -1.30. The van der Waals surface area contributed by atoms with Crippen LogP contribution in [0.15, 0.2) is 18.2 Å². The summed E-state index contributed by atoms with van der Waals surface area (Å²) in [5, 5.41) is 0.799. The van der Waals surface area contributed by atoms with Gasteiger partial charge in [0, 0.05) is 28.7 Å². The van der Waals surface area contributed by atoms with Gasteiger partial charge in [-0.1, -0.05) is 29.3 Å². The maximum Gasteiger partial charge on any atom is 0.310 e. The molecule has 0 radical (unpaired) electrons. The molecule has 1 aromatic carbocycles. The molecule has 0 bridgehead atoms. The van der Waals surface area contributed by atoms with E-state index in [0.717, 1.165) is 0 Å². The van der Waals surface area contributed by atoms with Crippen LogP contribution in [0.2, 0.25) is 10.0 Å². The van der Waals surface area contributed by atoms with Crippen LogP contribution in [0.3, 0.4) is 0 Å². The molecule has 1 amide bonds. The standard InChI is InChI=1S/C16H19Cl2NO4/c1-10-7-19(8-11(2)23-10)15(20)9-22-16(21)6-12-13(17)4-3-5-14(12)18/h3-5,10-11H,6-9H2,1-2H3/t10-,11-/m0/s1. The highest BCUT2D eigenvalue weighted by molar-refractivity contribution is 6.36. The van der Waals surface area contributed by atoms with E-state index in [-0.39, 0.29) is 31.1 Å². The minimum atomic E-state index is -0.539. The topological polar surface area (TPSA) is 55.8 Å². The highest BCUT2D eigenvalue weighted by Crippen LogP contribution is 2.24. The maximum absolute atomic E-state index is 12.1. The summed E-state index contributed by atoms with van der Waals surface area (Å²) in [7, 11) is 0. The number of carbonyl (C=O) groups is 2. The predicted molar refractivity (Wildman–Crippen MR) is 87.7 cm³/mol. The minimum Gasteiger partial charge on any atom is -0.455 e. The van der Waals surface area contributed by atoms with Gasteiger partial charge in [0.25, 0.3) is 5.91 Å². The van der Waals surface area contributed by atoms with Crippen LogP contribution >= 0.6 is 23.2 Å². The van der Waals surface area contributed by atoms with Crippen LogP contribution in [0.25, 0.3) is 0 Å². The van der Waals surface area contributed by atoms with Gasteiger partial charge in [0.2, 0.25) is 0 Å². The molecule has 126 valence electrons. The summed E-state index contributed by atoms with van der Waals surface area (Å²) in [5.74, 6) is -0.770. The first-order chi connectivity index (χ1) is 10.9. The molecule has 1 fully saturated rings. The van der Waals surface area contributed by atoms with Crippen LogP contribution < -0.4 is 0 Å². The fourth-order valence-corrected chi connectivity index (χ4v) is 3.04. The summed E-state index contributed by atoms with van der Waals surface area (Å²) in [5.41, 5.74) is 0.502. The lowest BCUT2D eigenvalue weighted by Crippen LogP contribution is -2.49. The Kier molecular flexibility index (Phi) is 6.27. The zero-order valence-corrected chi connectivity index (χ0v) is 14.6. The first-order valence-corrected chi connectivity index (χ1v) is 8.14. The second-order valence-electron chi connectivity index (χ2n) is 5.59. The van der Waals surface area contributed by atoms with Gasteiger partial charge in [-0.3, -0.25) is 9.59 Å². The van der Waals surface area contributed by atoms with Gasteiger partial charge < -0.3 is 14.4 Å². The van der Waals surface area contributed by atoms with Crippen molar-refractivity contribution in [1.82, 2.24) is 4.90 Å². The number of nitrogens with zero attached hydrogens (tertiary/aromatic N) is 1. The lowest BCUT2D eigenvalue weighted by Gasteiger charge is -2.35.